The molecule has 0 radical (unpaired) electrons. The van der Waals surface area contributed by atoms with Gasteiger partial charge in [0.05, 0.1) is 0 Å². The summed E-state index contributed by atoms with van der Waals surface area (Å²) in [5, 5.41) is 34.0. The number of hydrogen-bond donors (Lipinski definition) is 3. The van der Waals surface area contributed by atoms with Crippen LogP contribution in [0, 0.1) is 11.8 Å². The lowest BCUT2D eigenvalue weighted by atomic mass is 9.76. The Bertz CT molecular complexity index is 662. The summed E-state index contributed by atoms with van der Waals surface area (Å²) in [5.74, 6) is 1.65. The van der Waals surface area contributed by atoms with Gasteiger partial charge in [0.1, 0.15) is 5.78 Å². The van der Waals surface area contributed by atoms with Crippen molar-refractivity contribution in [1.29, 1.82) is 0 Å². The Morgan fingerprint density at radius 1 is 0.500 bits per heavy atom. The lowest BCUT2D eigenvalue weighted by Crippen LogP contribution is -2.59. The summed E-state index contributed by atoms with van der Waals surface area (Å²) in [5.41, 5.74) is -1.11. The van der Waals surface area contributed by atoms with Gasteiger partial charge in [-0.2, -0.15) is 15.2 Å². The van der Waals surface area contributed by atoms with E-state index in [9.17, 15) is 20.4 Å². The van der Waals surface area contributed by atoms with Crippen molar-refractivity contribution in [3.63, 3.8) is 0 Å². The second kappa shape index (κ2) is 10.9. The summed E-state index contributed by atoms with van der Waals surface area (Å²) in [6.45, 7) is 28.9. The highest BCUT2D eigenvalue weighted by Crippen LogP contribution is 2.40. The number of carbonyl (C=O) groups is 1. The molecule has 0 aromatic rings. The maximum absolute atomic E-state index is 11.3. The molecule has 0 aromatic carbocycles. The Labute approximate surface area is 222 Å². The van der Waals surface area contributed by atoms with Gasteiger partial charge in [-0.3, -0.25) is 4.79 Å². The zero-order valence-electron chi connectivity index (χ0n) is 26.0. The van der Waals surface area contributed by atoms with Crippen molar-refractivity contribution >= 4 is 5.78 Å². The van der Waals surface area contributed by atoms with Crippen LogP contribution in [-0.4, -0.2) is 69.8 Å². The van der Waals surface area contributed by atoms with Crippen LogP contribution in [0.25, 0.3) is 0 Å². The van der Waals surface area contributed by atoms with Crippen molar-refractivity contribution in [3.8, 4) is 0 Å². The lowest BCUT2D eigenvalue weighted by molar-refractivity contribution is -0.249. The topological polar surface area (TPSA) is 87.5 Å². The van der Waals surface area contributed by atoms with Gasteiger partial charge in [0.15, 0.2) is 0 Å². The van der Waals surface area contributed by atoms with E-state index >= 15 is 0 Å². The summed E-state index contributed by atoms with van der Waals surface area (Å²) >= 11 is 0. The average Bonchev–Trinajstić information content (AvgIpc) is 2.61. The molecule has 3 aliphatic rings. The minimum atomic E-state index is -0.418. The van der Waals surface area contributed by atoms with Crippen molar-refractivity contribution in [2.75, 3.05) is 0 Å². The van der Waals surface area contributed by atoms with Crippen LogP contribution in [0.3, 0.4) is 0 Å². The van der Waals surface area contributed by atoms with Gasteiger partial charge >= 0.3 is 0 Å². The van der Waals surface area contributed by atoms with Crippen molar-refractivity contribution in [3.05, 3.63) is 0 Å². The van der Waals surface area contributed by atoms with E-state index in [1.54, 1.807) is 0 Å². The maximum Gasteiger partial charge on any atom is 0.136 e. The molecule has 3 rings (SSSR count). The monoisotopic (exact) mass is 513 g/mol. The minimum absolute atomic E-state index is 0.0683. The molecule has 7 nitrogen and oxygen atoms in total. The number of rotatable bonds is 0. The molecule has 3 N–H and O–H groups in total. The zero-order valence-corrected chi connectivity index (χ0v) is 26.0. The third kappa shape index (κ3) is 8.21. The van der Waals surface area contributed by atoms with Gasteiger partial charge in [0.25, 0.3) is 0 Å². The maximum atomic E-state index is 11.3. The first-order valence-electron chi connectivity index (χ1n) is 13.8. The highest BCUT2D eigenvalue weighted by Gasteiger charge is 2.45. The fraction of sp³-hybridized carbons (Fsp3) is 0.966. The van der Waals surface area contributed by atoms with Gasteiger partial charge in [0, 0.05) is 46.1 Å². The molecule has 0 aliphatic carbocycles. The van der Waals surface area contributed by atoms with Gasteiger partial charge in [-0.25, -0.2) is 0 Å². The lowest BCUT2D eigenvalue weighted by Gasteiger charge is -2.50. The van der Waals surface area contributed by atoms with Gasteiger partial charge in [-0.1, -0.05) is 13.8 Å². The zero-order chi connectivity index (χ0) is 28.7. The van der Waals surface area contributed by atoms with Crippen LogP contribution in [0.4, 0.5) is 0 Å². The number of ketones is 1. The third-order valence-electron chi connectivity index (χ3n) is 8.09. The number of carbonyl (C=O) groups excluding carboxylic acids is 1. The SMILES string of the molecule is CC1(C)CC(=O)CC(C)(C)N1O.CC1CC(C)(C)N(O)C(C)(C)C1.CC1CC(C)(C)N(O)C(C)(C)C1. The molecule has 7 heteroatoms. The molecule has 0 spiro atoms. The number of piperidine rings is 3. The molecular formula is C29H59N3O4. The number of Topliss-reactive ketones (excluding diaryl/α,β-unsaturated/α-hetero) is 1. The molecule has 3 heterocycles. The van der Waals surface area contributed by atoms with Crippen LogP contribution in [0.1, 0.15) is 135 Å². The fourth-order valence-electron chi connectivity index (χ4n) is 7.54. The highest BCUT2D eigenvalue weighted by molar-refractivity contribution is 5.81. The Morgan fingerprint density at radius 3 is 0.917 bits per heavy atom. The van der Waals surface area contributed by atoms with E-state index in [0.29, 0.717) is 24.7 Å². The molecule has 0 aromatic heterocycles. The normalized spacial score (nSPS) is 30.0. The summed E-state index contributed by atoms with van der Waals surface area (Å²) in [6.07, 6.45) is 5.18. The first-order valence-corrected chi connectivity index (χ1v) is 13.8. The predicted molar refractivity (Wildman–Crippen MR) is 146 cm³/mol. The summed E-state index contributed by atoms with van der Waals surface area (Å²) in [6, 6.07) is 0. The van der Waals surface area contributed by atoms with Crippen LogP contribution in [0.5, 0.6) is 0 Å². The number of nitrogens with zero attached hydrogens (tertiary/aromatic N) is 3. The van der Waals surface area contributed by atoms with Crippen molar-refractivity contribution in [2.45, 2.75) is 169 Å². The summed E-state index contributed by atoms with van der Waals surface area (Å²) < 4.78 is 0. The second-order valence-electron chi connectivity index (χ2n) is 15.7. The molecule has 0 amide bonds. The quantitative estimate of drug-likeness (QED) is 0.324. The third-order valence-corrected chi connectivity index (χ3v) is 8.09. The molecule has 0 unspecified atom stereocenters. The van der Waals surface area contributed by atoms with E-state index in [1.165, 1.54) is 15.2 Å². The Kier molecular flexibility index (Phi) is 10.1. The van der Waals surface area contributed by atoms with Crippen molar-refractivity contribution < 1.29 is 20.4 Å². The Balaban J connectivity index is 0.000000270. The second-order valence-corrected chi connectivity index (χ2v) is 15.7. The van der Waals surface area contributed by atoms with E-state index in [4.69, 9.17) is 0 Å². The van der Waals surface area contributed by atoms with E-state index < -0.39 is 11.1 Å². The van der Waals surface area contributed by atoms with Crippen LogP contribution in [0.2, 0.25) is 0 Å². The highest BCUT2D eigenvalue weighted by atomic mass is 16.5. The van der Waals surface area contributed by atoms with E-state index in [1.807, 2.05) is 27.7 Å². The van der Waals surface area contributed by atoms with Crippen LogP contribution >= 0.6 is 0 Å². The molecule has 3 aliphatic heterocycles. The van der Waals surface area contributed by atoms with E-state index in [0.717, 1.165) is 25.7 Å². The van der Waals surface area contributed by atoms with Gasteiger partial charge < -0.3 is 15.6 Å². The van der Waals surface area contributed by atoms with Crippen LogP contribution in [-0.2, 0) is 4.79 Å². The van der Waals surface area contributed by atoms with Gasteiger partial charge in [-0.15, -0.1) is 0 Å². The summed E-state index contributed by atoms with van der Waals surface area (Å²) in [7, 11) is 0. The van der Waals surface area contributed by atoms with Crippen LogP contribution in [0.15, 0.2) is 0 Å². The van der Waals surface area contributed by atoms with Crippen LogP contribution < -0.4 is 0 Å². The van der Waals surface area contributed by atoms with Crippen molar-refractivity contribution in [2.24, 2.45) is 11.8 Å². The summed E-state index contributed by atoms with van der Waals surface area (Å²) in [4.78, 5) is 11.3. The molecule has 3 saturated heterocycles. The smallest absolute Gasteiger partial charge is 0.136 e. The standard InChI is InChI=1S/2C10H21NO.C9H17NO2/c2*1-8-6-9(2,3)11(12)10(4,5)7-8;1-8(2)5-7(11)6-9(3,4)10(8)12/h2*8,12H,6-7H2,1-5H3;12H,5-6H2,1-4H3. The predicted octanol–water partition coefficient (Wildman–Crippen LogP) is 6.93. The average molecular weight is 514 g/mol. The number of hydroxylamine groups is 6. The van der Waals surface area contributed by atoms with Crippen molar-refractivity contribution in [1.82, 2.24) is 15.2 Å². The Morgan fingerprint density at radius 2 is 0.694 bits per heavy atom. The number of hydrogen-bond acceptors (Lipinski definition) is 7. The first-order chi connectivity index (χ1) is 15.8. The molecule has 0 bridgehead atoms. The van der Waals surface area contributed by atoms with E-state index in [2.05, 4.69) is 69.2 Å². The molecule has 214 valence electrons. The molecule has 0 atom stereocenters. The largest absolute Gasteiger partial charge is 0.313 e. The molecule has 0 saturated carbocycles. The first kappa shape index (κ1) is 33.5. The Hall–Kier alpha value is -0.570. The van der Waals surface area contributed by atoms with E-state index in [-0.39, 0.29) is 27.9 Å². The molecular weight excluding hydrogens is 454 g/mol. The molecule has 3 fully saturated rings. The molecule has 36 heavy (non-hydrogen) atoms. The minimum Gasteiger partial charge on any atom is -0.313 e. The van der Waals surface area contributed by atoms with Gasteiger partial charge in [0.2, 0.25) is 0 Å². The fourth-order valence-corrected chi connectivity index (χ4v) is 7.54. The van der Waals surface area contributed by atoms with Gasteiger partial charge in [-0.05, 0) is 121 Å².